The van der Waals surface area contributed by atoms with Crippen molar-refractivity contribution in [3.63, 3.8) is 0 Å². The Balaban J connectivity index is 1.66. The fourth-order valence-electron chi connectivity index (χ4n) is 2.78. The number of nitrogens with zero attached hydrogens (tertiary/aromatic N) is 4. The highest BCUT2D eigenvalue weighted by molar-refractivity contribution is 6.06. The topological polar surface area (TPSA) is 85.8 Å². The SMILES string of the molecule is Cc1noc2cc(NC(=O)c3cnc4c(c3)c(C)nn4C)ccc12. The molecule has 4 rings (SSSR count). The second kappa shape index (κ2) is 5.16. The van der Waals surface area contributed by atoms with Gasteiger partial charge in [-0.1, -0.05) is 5.16 Å². The minimum Gasteiger partial charge on any atom is -0.356 e. The summed E-state index contributed by atoms with van der Waals surface area (Å²) in [4.78, 5) is 16.8. The van der Waals surface area contributed by atoms with Gasteiger partial charge in [0.05, 0.1) is 17.0 Å². The summed E-state index contributed by atoms with van der Waals surface area (Å²) in [7, 11) is 1.83. The lowest BCUT2D eigenvalue weighted by Crippen LogP contribution is -2.12. The van der Waals surface area contributed by atoms with E-state index in [1.165, 1.54) is 0 Å². The third-order valence-corrected chi connectivity index (χ3v) is 4.04. The van der Waals surface area contributed by atoms with Crippen molar-refractivity contribution in [1.82, 2.24) is 19.9 Å². The molecule has 1 amide bonds. The Hall–Kier alpha value is -3.22. The maximum Gasteiger partial charge on any atom is 0.257 e. The second-order valence-electron chi connectivity index (χ2n) is 5.74. The molecular weight excluding hydrogens is 306 g/mol. The molecule has 120 valence electrons. The Kier molecular flexibility index (Phi) is 3.09. The zero-order valence-corrected chi connectivity index (χ0v) is 13.5. The number of anilines is 1. The molecule has 0 bridgehead atoms. The largest absolute Gasteiger partial charge is 0.356 e. The summed E-state index contributed by atoms with van der Waals surface area (Å²) in [6, 6.07) is 7.26. The van der Waals surface area contributed by atoms with Crippen molar-refractivity contribution in [1.29, 1.82) is 0 Å². The Labute approximate surface area is 137 Å². The molecule has 7 heteroatoms. The number of carbonyl (C=O) groups excluding carboxylic acids is 1. The lowest BCUT2D eigenvalue weighted by molar-refractivity contribution is 0.102. The average molecular weight is 321 g/mol. The number of nitrogens with one attached hydrogen (secondary N) is 1. The van der Waals surface area contributed by atoms with E-state index in [0.717, 1.165) is 27.8 Å². The van der Waals surface area contributed by atoms with Crippen molar-refractivity contribution in [3.8, 4) is 0 Å². The van der Waals surface area contributed by atoms with E-state index in [0.29, 0.717) is 16.8 Å². The van der Waals surface area contributed by atoms with Gasteiger partial charge in [0.25, 0.3) is 5.91 Å². The van der Waals surface area contributed by atoms with Crippen molar-refractivity contribution >= 4 is 33.6 Å². The summed E-state index contributed by atoms with van der Waals surface area (Å²) in [5.41, 5.74) is 4.18. The van der Waals surface area contributed by atoms with Crippen molar-refractivity contribution < 1.29 is 9.32 Å². The lowest BCUT2D eigenvalue weighted by atomic mass is 10.1. The highest BCUT2D eigenvalue weighted by Gasteiger charge is 2.13. The van der Waals surface area contributed by atoms with Crippen LogP contribution in [0.25, 0.3) is 22.0 Å². The highest BCUT2D eigenvalue weighted by Crippen LogP contribution is 2.23. The zero-order valence-electron chi connectivity index (χ0n) is 13.5. The zero-order chi connectivity index (χ0) is 16.8. The number of fused-ring (bicyclic) bond motifs is 2. The lowest BCUT2D eigenvalue weighted by Gasteiger charge is -2.05. The molecule has 0 aliphatic carbocycles. The minimum atomic E-state index is -0.233. The highest BCUT2D eigenvalue weighted by atomic mass is 16.5. The molecule has 1 aromatic carbocycles. The van der Waals surface area contributed by atoms with Crippen LogP contribution in [-0.4, -0.2) is 25.8 Å². The van der Waals surface area contributed by atoms with Crippen LogP contribution in [0.4, 0.5) is 5.69 Å². The van der Waals surface area contributed by atoms with Crippen LogP contribution in [-0.2, 0) is 7.05 Å². The van der Waals surface area contributed by atoms with Crippen LogP contribution in [0.3, 0.4) is 0 Å². The summed E-state index contributed by atoms with van der Waals surface area (Å²) in [5, 5.41) is 12.9. The predicted octanol–water partition coefficient (Wildman–Crippen LogP) is 2.98. The number of hydrogen-bond acceptors (Lipinski definition) is 5. The molecule has 4 aromatic rings. The van der Waals surface area contributed by atoms with Crippen LogP contribution in [0.15, 0.2) is 35.0 Å². The minimum absolute atomic E-state index is 0.233. The normalized spacial score (nSPS) is 11.3. The van der Waals surface area contributed by atoms with Crippen molar-refractivity contribution in [2.24, 2.45) is 7.05 Å². The first kappa shape index (κ1) is 14.4. The molecule has 24 heavy (non-hydrogen) atoms. The Morgan fingerprint density at radius 3 is 2.83 bits per heavy atom. The number of hydrogen-bond donors (Lipinski definition) is 1. The molecule has 0 aliphatic heterocycles. The third kappa shape index (κ3) is 2.21. The van der Waals surface area contributed by atoms with Crippen LogP contribution < -0.4 is 5.32 Å². The van der Waals surface area contributed by atoms with E-state index < -0.39 is 0 Å². The van der Waals surface area contributed by atoms with Crippen LogP contribution in [0.1, 0.15) is 21.7 Å². The first-order valence-electron chi connectivity index (χ1n) is 7.49. The van der Waals surface area contributed by atoms with Gasteiger partial charge >= 0.3 is 0 Å². The molecule has 1 N–H and O–H groups in total. The predicted molar refractivity (Wildman–Crippen MR) is 89.9 cm³/mol. The van der Waals surface area contributed by atoms with Gasteiger partial charge in [0.1, 0.15) is 0 Å². The standard InChI is InChI=1S/C17H15N5O2/c1-9-14-6-11(8-18-16(14)22(3)20-9)17(23)19-12-4-5-13-10(2)21-24-15(13)7-12/h4-8H,1-3H3,(H,19,23). The van der Waals surface area contributed by atoms with Gasteiger partial charge in [-0.3, -0.25) is 9.48 Å². The van der Waals surface area contributed by atoms with Gasteiger partial charge in [-0.2, -0.15) is 5.10 Å². The van der Waals surface area contributed by atoms with E-state index >= 15 is 0 Å². The maximum absolute atomic E-state index is 12.5. The van der Waals surface area contributed by atoms with Crippen LogP contribution in [0.2, 0.25) is 0 Å². The van der Waals surface area contributed by atoms with E-state index in [4.69, 9.17) is 4.52 Å². The molecule has 0 atom stereocenters. The van der Waals surface area contributed by atoms with E-state index in [2.05, 4.69) is 20.6 Å². The molecule has 7 nitrogen and oxygen atoms in total. The number of benzene rings is 1. The van der Waals surface area contributed by atoms with E-state index in [-0.39, 0.29) is 5.91 Å². The summed E-state index contributed by atoms with van der Waals surface area (Å²) >= 11 is 0. The van der Waals surface area contributed by atoms with Crippen LogP contribution in [0.5, 0.6) is 0 Å². The number of aryl methyl sites for hydroxylation is 3. The Morgan fingerprint density at radius 2 is 2.00 bits per heavy atom. The smallest absolute Gasteiger partial charge is 0.257 e. The molecule has 0 saturated heterocycles. The Morgan fingerprint density at radius 1 is 1.17 bits per heavy atom. The molecule has 0 unspecified atom stereocenters. The molecular formula is C17H15N5O2. The van der Waals surface area contributed by atoms with Crippen LogP contribution in [0, 0.1) is 13.8 Å². The fourth-order valence-corrected chi connectivity index (χ4v) is 2.78. The molecule has 3 aromatic heterocycles. The summed E-state index contributed by atoms with van der Waals surface area (Å²) in [6.45, 7) is 3.77. The van der Waals surface area contributed by atoms with E-state index in [9.17, 15) is 4.79 Å². The molecule has 0 aliphatic rings. The van der Waals surface area contributed by atoms with Gasteiger partial charge in [-0.15, -0.1) is 0 Å². The molecule has 0 spiro atoms. The first-order chi connectivity index (χ1) is 11.5. The maximum atomic E-state index is 12.5. The van der Waals surface area contributed by atoms with Gasteiger partial charge in [0.15, 0.2) is 11.2 Å². The van der Waals surface area contributed by atoms with Crippen LogP contribution >= 0.6 is 0 Å². The van der Waals surface area contributed by atoms with E-state index in [1.807, 2.05) is 33.0 Å². The quantitative estimate of drug-likeness (QED) is 0.613. The number of carbonyl (C=O) groups is 1. The van der Waals surface area contributed by atoms with E-state index in [1.54, 1.807) is 23.0 Å². The monoisotopic (exact) mass is 321 g/mol. The number of pyridine rings is 1. The number of amides is 1. The Bertz CT molecular complexity index is 1090. The molecule has 0 fully saturated rings. The van der Waals surface area contributed by atoms with Gasteiger partial charge in [-0.25, -0.2) is 4.98 Å². The second-order valence-corrected chi connectivity index (χ2v) is 5.74. The van der Waals surface area contributed by atoms with Gasteiger partial charge in [-0.05, 0) is 32.0 Å². The molecule has 0 radical (unpaired) electrons. The summed E-state index contributed by atoms with van der Waals surface area (Å²) < 4.78 is 6.93. The number of aromatic nitrogens is 4. The molecule has 3 heterocycles. The summed E-state index contributed by atoms with van der Waals surface area (Å²) in [5.74, 6) is -0.233. The average Bonchev–Trinajstić information content (AvgIpc) is 3.07. The van der Waals surface area contributed by atoms with Crippen molar-refractivity contribution in [3.05, 3.63) is 47.4 Å². The third-order valence-electron chi connectivity index (χ3n) is 4.04. The number of rotatable bonds is 2. The van der Waals surface area contributed by atoms with Crippen molar-refractivity contribution in [2.75, 3.05) is 5.32 Å². The molecule has 0 saturated carbocycles. The summed E-state index contributed by atoms with van der Waals surface area (Å²) in [6.07, 6.45) is 1.55. The van der Waals surface area contributed by atoms with Gasteiger partial charge in [0, 0.05) is 35.8 Å². The van der Waals surface area contributed by atoms with Gasteiger partial charge < -0.3 is 9.84 Å². The first-order valence-corrected chi connectivity index (χ1v) is 7.49. The fraction of sp³-hybridized carbons (Fsp3) is 0.176. The van der Waals surface area contributed by atoms with Gasteiger partial charge in [0.2, 0.25) is 0 Å². The van der Waals surface area contributed by atoms with Crippen molar-refractivity contribution in [2.45, 2.75) is 13.8 Å².